The number of thioether (sulfide) groups is 2. The Bertz CT molecular complexity index is 196. The summed E-state index contributed by atoms with van der Waals surface area (Å²) >= 11 is 3.66. The molecule has 0 N–H and O–H groups in total. The van der Waals surface area contributed by atoms with E-state index < -0.39 is 0 Å². The van der Waals surface area contributed by atoms with Gasteiger partial charge in [0.05, 0.1) is 10.4 Å². The lowest BCUT2D eigenvalue weighted by atomic mass is 10.6. The van der Waals surface area contributed by atoms with E-state index in [1.165, 1.54) is 9.95 Å². The van der Waals surface area contributed by atoms with Gasteiger partial charge in [-0.1, -0.05) is 6.08 Å². The molecule has 1 rings (SSSR count). The summed E-state index contributed by atoms with van der Waals surface area (Å²) in [5, 5.41) is 1.59. The zero-order valence-electron chi connectivity index (χ0n) is 7.13. The first-order valence-electron chi connectivity index (χ1n) is 3.69. The molecule has 62 valence electrons. The van der Waals surface area contributed by atoms with Crippen LogP contribution in [0.2, 0.25) is 0 Å². The molecule has 0 amide bonds. The van der Waals surface area contributed by atoms with Crippen LogP contribution >= 0.6 is 23.5 Å². The van der Waals surface area contributed by atoms with Crippen LogP contribution in [0.5, 0.6) is 0 Å². The van der Waals surface area contributed by atoms with Crippen molar-refractivity contribution in [2.75, 3.05) is 5.75 Å². The van der Waals surface area contributed by atoms with Gasteiger partial charge in [-0.2, -0.15) is 0 Å². The molecule has 1 aliphatic rings. The van der Waals surface area contributed by atoms with Crippen molar-refractivity contribution in [1.82, 2.24) is 0 Å². The molecule has 0 aromatic rings. The first-order chi connectivity index (χ1) is 5.18. The highest BCUT2D eigenvalue weighted by atomic mass is 32.2. The molecule has 0 saturated carbocycles. The minimum Gasteiger partial charge on any atom is -0.269 e. The molecule has 0 bridgehead atoms. The number of nitrogens with zero attached hydrogens (tertiary/aromatic N) is 1. The smallest absolute Gasteiger partial charge is 0.0975 e. The molecule has 0 radical (unpaired) electrons. The third-order valence-electron chi connectivity index (χ3n) is 1.38. The topological polar surface area (TPSA) is 12.4 Å². The van der Waals surface area contributed by atoms with Crippen molar-refractivity contribution in [3.8, 4) is 0 Å². The van der Waals surface area contributed by atoms with Crippen molar-refractivity contribution in [3.63, 3.8) is 0 Å². The Morgan fingerprint density at radius 3 is 3.00 bits per heavy atom. The van der Waals surface area contributed by atoms with E-state index in [0.29, 0.717) is 5.37 Å². The summed E-state index contributed by atoms with van der Waals surface area (Å²) in [7, 11) is 0. The van der Waals surface area contributed by atoms with Crippen molar-refractivity contribution >= 4 is 28.6 Å². The lowest BCUT2D eigenvalue weighted by molar-refractivity contribution is 1.05. The summed E-state index contributed by atoms with van der Waals surface area (Å²) in [6.07, 6.45) is 2.27. The first-order valence-corrected chi connectivity index (χ1v) is 5.55. The molecule has 0 aromatic heterocycles. The normalized spacial score (nSPS) is 36.1. The van der Waals surface area contributed by atoms with Gasteiger partial charge < -0.3 is 0 Å². The van der Waals surface area contributed by atoms with E-state index >= 15 is 0 Å². The second kappa shape index (κ2) is 4.21. The number of hydrogen-bond donors (Lipinski definition) is 0. The van der Waals surface area contributed by atoms with Crippen LogP contribution in [0.25, 0.3) is 0 Å². The average molecular weight is 187 g/mol. The Balaban J connectivity index is 2.62. The summed E-state index contributed by atoms with van der Waals surface area (Å²) in [5.41, 5.74) is 0. The van der Waals surface area contributed by atoms with Crippen molar-refractivity contribution in [2.24, 2.45) is 4.99 Å². The third-order valence-corrected chi connectivity index (χ3v) is 3.22. The number of aliphatic imine (C=N–C) groups is 1. The maximum Gasteiger partial charge on any atom is 0.0975 e. The van der Waals surface area contributed by atoms with Gasteiger partial charge in [-0.15, -0.1) is 23.5 Å². The summed E-state index contributed by atoms with van der Waals surface area (Å²) in [5.74, 6) is 1.07. The fourth-order valence-electron chi connectivity index (χ4n) is 0.916. The first kappa shape index (κ1) is 9.20. The van der Waals surface area contributed by atoms with Gasteiger partial charge in [0.2, 0.25) is 0 Å². The minimum absolute atomic E-state index is 0.388. The molecule has 3 heteroatoms. The van der Waals surface area contributed by atoms with Crippen LogP contribution in [-0.2, 0) is 0 Å². The fraction of sp³-hybridized carbons (Fsp3) is 0.625. The fourth-order valence-corrected chi connectivity index (χ4v) is 2.82. The van der Waals surface area contributed by atoms with E-state index in [2.05, 4.69) is 31.8 Å². The minimum atomic E-state index is 0.388. The standard InChI is InChI=1S/C8H13NS2/c1-6-4-5-10-7(2)9-8(3)11-6/h4,8H,5H2,1-3H3/b6-4-,9-7-. The average Bonchev–Trinajstić information content (AvgIpc) is 1.83. The molecular formula is C8H13NS2. The van der Waals surface area contributed by atoms with E-state index in [4.69, 9.17) is 0 Å². The number of allylic oxidation sites excluding steroid dienone is 1. The van der Waals surface area contributed by atoms with Crippen molar-refractivity contribution < 1.29 is 0 Å². The van der Waals surface area contributed by atoms with Crippen LogP contribution in [0.4, 0.5) is 0 Å². The van der Waals surface area contributed by atoms with Gasteiger partial charge in [-0.05, 0) is 25.7 Å². The molecule has 1 heterocycles. The molecule has 11 heavy (non-hydrogen) atoms. The second-order valence-corrected chi connectivity index (χ2v) is 5.27. The van der Waals surface area contributed by atoms with Gasteiger partial charge in [-0.25, -0.2) is 0 Å². The monoisotopic (exact) mass is 187 g/mol. The maximum atomic E-state index is 4.49. The van der Waals surface area contributed by atoms with Crippen LogP contribution in [0.15, 0.2) is 16.0 Å². The summed E-state index contributed by atoms with van der Waals surface area (Å²) in [6, 6.07) is 0. The Morgan fingerprint density at radius 2 is 2.27 bits per heavy atom. The highest BCUT2D eigenvalue weighted by Gasteiger charge is 2.04. The van der Waals surface area contributed by atoms with Gasteiger partial charge in [0.25, 0.3) is 0 Å². The van der Waals surface area contributed by atoms with Crippen LogP contribution < -0.4 is 0 Å². The summed E-state index contributed by atoms with van der Waals surface area (Å²) in [4.78, 5) is 5.88. The van der Waals surface area contributed by atoms with Crippen LogP contribution in [0.3, 0.4) is 0 Å². The quantitative estimate of drug-likeness (QED) is 0.577. The Morgan fingerprint density at radius 1 is 1.55 bits per heavy atom. The second-order valence-electron chi connectivity index (χ2n) is 2.49. The lowest BCUT2D eigenvalue weighted by Gasteiger charge is -2.11. The SMILES string of the molecule is C/C1=C/CS/C(C)=N\C(C)S1. The zero-order chi connectivity index (χ0) is 8.27. The third kappa shape index (κ3) is 3.34. The Labute approximate surface area is 76.7 Å². The van der Waals surface area contributed by atoms with E-state index in [-0.39, 0.29) is 0 Å². The Hall–Kier alpha value is 0.110. The molecule has 1 aliphatic heterocycles. The highest BCUT2D eigenvalue weighted by molar-refractivity contribution is 8.14. The predicted molar refractivity (Wildman–Crippen MR) is 56.4 cm³/mol. The van der Waals surface area contributed by atoms with Gasteiger partial charge in [0.15, 0.2) is 0 Å². The van der Waals surface area contributed by atoms with Gasteiger partial charge >= 0.3 is 0 Å². The number of rotatable bonds is 0. The molecule has 0 aliphatic carbocycles. The van der Waals surface area contributed by atoms with Gasteiger partial charge in [-0.3, -0.25) is 4.99 Å². The van der Waals surface area contributed by atoms with E-state index in [0.717, 1.165) is 5.75 Å². The van der Waals surface area contributed by atoms with E-state index in [9.17, 15) is 0 Å². The van der Waals surface area contributed by atoms with Crippen molar-refractivity contribution in [3.05, 3.63) is 11.0 Å². The summed E-state index contributed by atoms with van der Waals surface area (Å²) in [6.45, 7) is 6.37. The lowest BCUT2D eigenvalue weighted by Crippen LogP contribution is -1.98. The largest absolute Gasteiger partial charge is 0.269 e. The molecule has 0 aromatic carbocycles. The molecule has 1 unspecified atom stereocenters. The molecule has 0 spiro atoms. The molecule has 0 saturated heterocycles. The molecule has 1 atom stereocenters. The van der Waals surface area contributed by atoms with Crippen LogP contribution in [0, 0.1) is 0 Å². The predicted octanol–water partition coefficient (Wildman–Crippen LogP) is 3.13. The molecular weight excluding hydrogens is 174 g/mol. The van der Waals surface area contributed by atoms with Crippen molar-refractivity contribution in [2.45, 2.75) is 26.1 Å². The van der Waals surface area contributed by atoms with Crippen LogP contribution in [0.1, 0.15) is 20.8 Å². The van der Waals surface area contributed by atoms with E-state index in [1.807, 2.05) is 23.5 Å². The highest BCUT2D eigenvalue weighted by Crippen LogP contribution is 2.25. The zero-order valence-corrected chi connectivity index (χ0v) is 8.76. The van der Waals surface area contributed by atoms with Crippen LogP contribution in [-0.4, -0.2) is 16.2 Å². The van der Waals surface area contributed by atoms with Crippen molar-refractivity contribution in [1.29, 1.82) is 0 Å². The van der Waals surface area contributed by atoms with Gasteiger partial charge in [0, 0.05) is 5.75 Å². The van der Waals surface area contributed by atoms with E-state index in [1.54, 1.807) is 0 Å². The summed E-state index contributed by atoms with van der Waals surface area (Å²) < 4.78 is 0. The molecule has 1 nitrogen and oxygen atoms in total. The van der Waals surface area contributed by atoms with Gasteiger partial charge in [0.1, 0.15) is 0 Å². The molecule has 0 fully saturated rings. The maximum absolute atomic E-state index is 4.49. The Kier molecular flexibility index (Phi) is 3.52. The number of hydrogen-bond acceptors (Lipinski definition) is 3.